The van der Waals surface area contributed by atoms with Crippen LogP contribution in [-0.2, 0) is 42.8 Å². The summed E-state index contributed by atoms with van der Waals surface area (Å²) in [5, 5.41) is 14.6. The number of rotatable bonds is 26. The summed E-state index contributed by atoms with van der Waals surface area (Å²) in [5.41, 5.74) is -0.481. The van der Waals surface area contributed by atoms with Crippen LogP contribution in [0, 0.1) is 0 Å². The first kappa shape index (κ1) is 41.9. The number of esters is 1. The molecule has 1 aliphatic rings. The van der Waals surface area contributed by atoms with Gasteiger partial charge < -0.3 is 44.2 Å². The van der Waals surface area contributed by atoms with E-state index in [1.807, 2.05) is 0 Å². The van der Waals surface area contributed by atoms with E-state index in [4.69, 9.17) is 23.7 Å². The second kappa shape index (κ2) is 25.9. The topological polar surface area (TPSA) is 151 Å². The second-order valence-corrected chi connectivity index (χ2v) is 13.4. The highest BCUT2D eigenvalue weighted by atomic mass is 33.1. The predicted molar refractivity (Wildman–Crippen MR) is 177 cm³/mol. The molecular weight excluding hydrogens is 624 g/mol. The molecule has 0 aromatic heterocycles. The molecule has 3 N–H and O–H groups in total. The summed E-state index contributed by atoms with van der Waals surface area (Å²) in [6, 6.07) is -2.22. The monoisotopic (exact) mass is 682 g/mol. The average Bonchev–Trinajstić information content (AvgIpc) is 3.02. The fourth-order valence-electron chi connectivity index (χ4n) is 4.39. The van der Waals surface area contributed by atoms with Gasteiger partial charge in [0.05, 0.1) is 20.3 Å². The number of carbonyl (C=O) groups excluding carboxylic acids is 3. The molecule has 1 rings (SSSR count). The van der Waals surface area contributed by atoms with E-state index in [1.165, 1.54) is 35.6 Å². The second-order valence-electron chi connectivity index (χ2n) is 10.9. The number of ether oxygens (including phenoxy) is 6. The van der Waals surface area contributed by atoms with E-state index < -0.39 is 60.2 Å². The van der Waals surface area contributed by atoms with Gasteiger partial charge in [-0.15, -0.1) is 0 Å². The third-order valence-corrected chi connectivity index (χ3v) is 9.58. The lowest BCUT2D eigenvalue weighted by molar-refractivity contribution is -0.247. The molecule has 7 unspecified atom stereocenters. The zero-order chi connectivity index (χ0) is 33.5. The van der Waals surface area contributed by atoms with Crippen LogP contribution in [-0.4, -0.2) is 117 Å². The van der Waals surface area contributed by atoms with Gasteiger partial charge in [0.2, 0.25) is 11.8 Å². The lowest BCUT2D eigenvalue weighted by Crippen LogP contribution is -2.60. The molecule has 0 radical (unpaired) electrons. The van der Waals surface area contributed by atoms with Gasteiger partial charge in [-0.1, -0.05) is 75.0 Å². The largest absolute Gasteiger partial charge is 0.467 e. The van der Waals surface area contributed by atoms with Crippen molar-refractivity contribution in [1.82, 2.24) is 10.6 Å². The zero-order valence-corrected chi connectivity index (χ0v) is 29.7. The number of hydrogen-bond acceptors (Lipinski definition) is 12. The molecule has 1 fully saturated rings. The zero-order valence-electron chi connectivity index (χ0n) is 28.1. The first-order valence-electron chi connectivity index (χ1n) is 16.4. The number of unbranched alkanes of at least 4 members (excludes halogenated alkanes) is 4. The molecule has 0 spiro atoms. The van der Waals surface area contributed by atoms with E-state index in [0.717, 1.165) is 51.4 Å². The molecule has 1 heterocycles. The fourth-order valence-corrected chi connectivity index (χ4v) is 7.02. The molecule has 0 bridgehead atoms. The molecule has 0 aliphatic carbocycles. The van der Waals surface area contributed by atoms with Gasteiger partial charge in [-0.2, -0.15) is 0 Å². The van der Waals surface area contributed by atoms with Crippen LogP contribution in [0.3, 0.4) is 0 Å². The third-order valence-electron chi connectivity index (χ3n) is 7.02. The van der Waals surface area contributed by atoms with Gasteiger partial charge in [0, 0.05) is 39.1 Å². The summed E-state index contributed by atoms with van der Waals surface area (Å²) in [6.45, 7) is 11.8. The Morgan fingerprint density at radius 2 is 1.36 bits per heavy atom. The maximum Gasteiger partial charge on any atom is 0.330 e. The van der Waals surface area contributed by atoms with Crippen molar-refractivity contribution in [3.05, 3.63) is 0 Å². The minimum absolute atomic E-state index is 0.159. The van der Waals surface area contributed by atoms with Gasteiger partial charge in [-0.05, 0) is 25.7 Å². The Morgan fingerprint density at radius 1 is 0.800 bits per heavy atom. The van der Waals surface area contributed by atoms with Crippen molar-refractivity contribution >= 4 is 39.4 Å². The maximum absolute atomic E-state index is 13.0. The number of nitrogens with one attached hydrogen (secondary N) is 2. The highest BCUT2D eigenvalue weighted by Gasteiger charge is 2.48. The van der Waals surface area contributed by atoms with Crippen LogP contribution in [0.15, 0.2) is 0 Å². The van der Waals surface area contributed by atoms with Crippen molar-refractivity contribution in [3.8, 4) is 0 Å². The molecule has 12 nitrogen and oxygen atoms in total. The van der Waals surface area contributed by atoms with Gasteiger partial charge >= 0.3 is 5.97 Å². The Morgan fingerprint density at radius 3 is 1.89 bits per heavy atom. The average molecular weight is 683 g/mol. The number of hydrogen-bond donors (Lipinski definition) is 3. The van der Waals surface area contributed by atoms with Crippen molar-refractivity contribution < 1.29 is 47.9 Å². The number of amides is 2. The first-order chi connectivity index (χ1) is 21.8. The Balaban J connectivity index is 3.21. The third kappa shape index (κ3) is 16.5. The number of methoxy groups -OCH3 is 1. The Kier molecular flexibility index (Phi) is 24.1. The fraction of sp³-hybridized carbons (Fsp3) is 0.903. The smallest absolute Gasteiger partial charge is 0.330 e. The van der Waals surface area contributed by atoms with E-state index in [9.17, 15) is 19.5 Å². The highest BCUT2D eigenvalue weighted by Crippen LogP contribution is 2.39. The predicted octanol–water partition coefficient (Wildman–Crippen LogP) is 3.62. The van der Waals surface area contributed by atoms with Crippen LogP contribution in [0.5, 0.6) is 0 Å². The lowest BCUT2D eigenvalue weighted by Gasteiger charge is -2.46. The molecule has 14 heteroatoms. The van der Waals surface area contributed by atoms with Gasteiger partial charge in [-0.3, -0.25) is 9.59 Å². The summed E-state index contributed by atoms with van der Waals surface area (Å²) >= 11 is 0. The molecule has 0 aromatic carbocycles. The first-order valence-corrected chi connectivity index (χ1v) is 18.8. The maximum atomic E-state index is 13.0. The minimum atomic E-state index is -1.24. The molecule has 0 saturated carbocycles. The summed E-state index contributed by atoms with van der Waals surface area (Å²) in [6.07, 6.45) is 6.01. The molecule has 7 atom stereocenters. The van der Waals surface area contributed by atoms with Crippen molar-refractivity contribution in [2.45, 2.75) is 128 Å². The Labute approximate surface area is 277 Å². The van der Waals surface area contributed by atoms with Gasteiger partial charge in [-0.25, -0.2) is 4.79 Å². The Bertz CT molecular complexity index is 812. The van der Waals surface area contributed by atoms with Crippen molar-refractivity contribution in [2.24, 2.45) is 0 Å². The highest BCUT2D eigenvalue weighted by molar-refractivity contribution is 8.76. The molecular formula is C31H58N2O10S2. The molecule has 264 valence electrons. The van der Waals surface area contributed by atoms with Gasteiger partial charge in [0.15, 0.2) is 6.04 Å². The van der Waals surface area contributed by atoms with E-state index in [0.29, 0.717) is 33.0 Å². The molecule has 1 aliphatic heterocycles. The lowest BCUT2D eigenvalue weighted by atomic mass is 9.99. The number of aliphatic hydroxyl groups is 1. The molecule has 2 amide bonds. The molecule has 0 aromatic rings. The number of aliphatic hydroxyl groups excluding tert-OH is 1. The van der Waals surface area contributed by atoms with Crippen LogP contribution < -0.4 is 10.6 Å². The van der Waals surface area contributed by atoms with Crippen LogP contribution >= 0.6 is 21.6 Å². The Hall–Kier alpha value is -1.13. The van der Waals surface area contributed by atoms with Crippen molar-refractivity contribution in [2.75, 3.05) is 52.5 Å². The quantitative estimate of drug-likeness (QED) is 0.0695. The van der Waals surface area contributed by atoms with E-state index in [-0.39, 0.29) is 11.9 Å². The summed E-state index contributed by atoms with van der Waals surface area (Å²) in [7, 11) is 3.90. The van der Waals surface area contributed by atoms with E-state index >= 15 is 0 Å². The van der Waals surface area contributed by atoms with Crippen LogP contribution in [0.25, 0.3) is 0 Å². The van der Waals surface area contributed by atoms with Crippen molar-refractivity contribution in [1.29, 1.82) is 0 Å². The van der Waals surface area contributed by atoms with Crippen molar-refractivity contribution in [3.63, 3.8) is 0 Å². The SMILES string of the molecule is CCCCOCC1OC(SSCC(NC(C)=O)C(=O)NC(CO)C(=O)OC)C(OCCCC)C(OCCCC)C1OCCCC. The molecule has 1 saturated heterocycles. The van der Waals surface area contributed by atoms with Gasteiger partial charge in [0.1, 0.15) is 35.9 Å². The van der Waals surface area contributed by atoms with E-state index in [1.54, 1.807) is 0 Å². The van der Waals surface area contributed by atoms with Crippen LogP contribution in [0.4, 0.5) is 0 Å². The molecule has 45 heavy (non-hydrogen) atoms. The summed E-state index contributed by atoms with van der Waals surface area (Å²) in [4.78, 5) is 36.8. The van der Waals surface area contributed by atoms with Crippen LogP contribution in [0.1, 0.15) is 86.0 Å². The normalized spacial score (nSPS) is 22.9. The standard InChI is InChI=1S/C31H58N2O10S2/c1-7-11-15-39-20-25-26(40-16-12-8-2)27(41-17-13-9-3)28(42-18-14-10-4)31(43-25)45-44-21-24(32-22(5)35)29(36)33-23(19-34)30(37)38-6/h23-28,31,34H,7-21H2,1-6H3,(H,32,35)(H,33,36). The van der Waals surface area contributed by atoms with E-state index in [2.05, 4.69) is 43.1 Å². The number of carbonyl (C=O) groups is 3. The van der Waals surface area contributed by atoms with Crippen LogP contribution in [0.2, 0.25) is 0 Å². The minimum Gasteiger partial charge on any atom is -0.467 e. The summed E-state index contributed by atoms with van der Waals surface area (Å²) in [5.74, 6) is -1.65. The van der Waals surface area contributed by atoms with Gasteiger partial charge in [0.25, 0.3) is 0 Å². The summed E-state index contributed by atoms with van der Waals surface area (Å²) < 4.78 is 36.7.